The van der Waals surface area contributed by atoms with E-state index in [1.54, 1.807) is 6.92 Å². The minimum absolute atomic E-state index is 0.0409. The number of nitrogens with zero attached hydrogens (tertiary/aromatic N) is 1. The van der Waals surface area contributed by atoms with E-state index < -0.39 is 34.3 Å². The Morgan fingerprint density at radius 2 is 1.86 bits per heavy atom. The molecular weight excluding hydrogens is 403 g/mol. The third-order valence-electron chi connectivity index (χ3n) is 3.77. The fraction of sp³-hybridized carbons (Fsp3) is 0.263. The van der Waals surface area contributed by atoms with Gasteiger partial charge < -0.3 is 14.8 Å². The number of hydrogen-bond donors (Lipinski definition) is 1. The molecule has 10 heteroatoms. The van der Waals surface area contributed by atoms with E-state index >= 15 is 0 Å². The molecule has 0 aliphatic carbocycles. The Hall–Kier alpha value is -3.14. The van der Waals surface area contributed by atoms with Gasteiger partial charge in [-0.05, 0) is 37.3 Å². The van der Waals surface area contributed by atoms with Crippen LogP contribution in [-0.2, 0) is 24.3 Å². The number of ether oxygens (including phenoxy) is 2. The van der Waals surface area contributed by atoms with Gasteiger partial charge in [0, 0.05) is 6.92 Å². The van der Waals surface area contributed by atoms with Gasteiger partial charge in [-0.2, -0.15) is 0 Å². The van der Waals surface area contributed by atoms with Crippen LogP contribution < -0.4 is 14.4 Å². The molecule has 2 aromatic rings. The van der Waals surface area contributed by atoms with Crippen molar-refractivity contribution in [2.75, 3.05) is 29.9 Å². The second kappa shape index (κ2) is 9.37. The number of anilines is 2. The first kappa shape index (κ1) is 22.2. The number of esters is 1. The number of nitrogens with one attached hydrogen (secondary N) is 1. The predicted octanol–water partition coefficient (Wildman–Crippen LogP) is 2.55. The molecule has 0 aromatic heterocycles. The quantitative estimate of drug-likeness (QED) is 0.654. The number of methoxy groups -OCH3 is 1. The van der Waals surface area contributed by atoms with Crippen molar-refractivity contribution in [3.8, 4) is 5.75 Å². The molecule has 156 valence electrons. The van der Waals surface area contributed by atoms with E-state index in [2.05, 4.69) is 5.32 Å². The zero-order valence-electron chi connectivity index (χ0n) is 16.1. The Kier molecular flexibility index (Phi) is 7.16. The minimum Gasteiger partial charge on any atom is -0.495 e. The van der Waals surface area contributed by atoms with Crippen molar-refractivity contribution in [2.24, 2.45) is 0 Å². The molecule has 2 aromatic carbocycles. The highest BCUT2D eigenvalue weighted by atomic mass is 32.2. The summed E-state index contributed by atoms with van der Waals surface area (Å²) in [5.41, 5.74) is -0.192. The number of para-hydroxylation sites is 1. The maximum absolute atomic E-state index is 14.4. The third kappa shape index (κ3) is 5.23. The van der Waals surface area contributed by atoms with Gasteiger partial charge in [-0.15, -0.1) is 0 Å². The van der Waals surface area contributed by atoms with Crippen LogP contribution in [-0.4, -0.2) is 40.6 Å². The summed E-state index contributed by atoms with van der Waals surface area (Å²) in [5.74, 6) is -1.86. The highest BCUT2D eigenvalue weighted by molar-refractivity contribution is 7.92. The molecule has 0 saturated heterocycles. The van der Waals surface area contributed by atoms with Crippen molar-refractivity contribution in [3.05, 3.63) is 48.3 Å². The van der Waals surface area contributed by atoms with Crippen LogP contribution in [0.5, 0.6) is 5.75 Å². The number of amides is 1. The summed E-state index contributed by atoms with van der Waals surface area (Å²) in [5, 5.41) is 2.48. The lowest BCUT2D eigenvalue weighted by Crippen LogP contribution is -2.37. The van der Waals surface area contributed by atoms with Crippen LogP contribution in [0.3, 0.4) is 0 Å². The number of hydrogen-bond acceptors (Lipinski definition) is 6. The summed E-state index contributed by atoms with van der Waals surface area (Å²) in [7, 11) is -3.03. The van der Waals surface area contributed by atoms with Crippen LogP contribution >= 0.6 is 0 Å². The first-order valence-electron chi connectivity index (χ1n) is 8.59. The van der Waals surface area contributed by atoms with Gasteiger partial charge >= 0.3 is 5.97 Å². The van der Waals surface area contributed by atoms with Gasteiger partial charge in [0.1, 0.15) is 18.1 Å². The number of carbonyl (C=O) groups is 2. The summed E-state index contributed by atoms with van der Waals surface area (Å²) in [6.07, 6.45) is 0. The number of halogens is 1. The van der Waals surface area contributed by atoms with Crippen LogP contribution in [0.25, 0.3) is 0 Å². The van der Waals surface area contributed by atoms with Gasteiger partial charge in [-0.3, -0.25) is 13.9 Å². The SMILES string of the molecule is CCOC(=O)CN(c1ccccc1F)S(=O)(=O)c1ccc(OC)c(NC(C)=O)c1. The lowest BCUT2D eigenvalue weighted by atomic mass is 10.3. The Bertz CT molecular complexity index is 1010. The van der Waals surface area contributed by atoms with Gasteiger partial charge in [0.2, 0.25) is 5.91 Å². The molecule has 0 saturated carbocycles. The molecule has 2 rings (SSSR count). The summed E-state index contributed by atoms with van der Waals surface area (Å²) >= 11 is 0. The van der Waals surface area contributed by atoms with Crippen LogP contribution in [0.1, 0.15) is 13.8 Å². The first-order chi connectivity index (χ1) is 13.7. The van der Waals surface area contributed by atoms with Crippen molar-refractivity contribution in [1.29, 1.82) is 0 Å². The monoisotopic (exact) mass is 424 g/mol. The maximum atomic E-state index is 14.4. The second-order valence-corrected chi connectivity index (χ2v) is 7.67. The van der Waals surface area contributed by atoms with E-state index in [9.17, 15) is 22.4 Å². The fourth-order valence-electron chi connectivity index (χ4n) is 2.54. The van der Waals surface area contributed by atoms with Crippen molar-refractivity contribution >= 4 is 33.3 Å². The van der Waals surface area contributed by atoms with E-state index in [1.165, 1.54) is 50.4 Å². The van der Waals surface area contributed by atoms with Gasteiger partial charge in [-0.1, -0.05) is 12.1 Å². The first-order valence-corrected chi connectivity index (χ1v) is 10.0. The van der Waals surface area contributed by atoms with Crippen LogP contribution in [0.2, 0.25) is 0 Å². The van der Waals surface area contributed by atoms with Gasteiger partial charge in [-0.25, -0.2) is 12.8 Å². The van der Waals surface area contributed by atoms with Crippen LogP contribution in [0, 0.1) is 5.82 Å². The Balaban J connectivity index is 2.58. The van der Waals surface area contributed by atoms with Gasteiger partial charge in [0.15, 0.2) is 0 Å². The fourth-order valence-corrected chi connectivity index (χ4v) is 3.98. The molecule has 0 aliphatic heterocycles. The molecule has 8 nitrogen and oxygen atoms in total. The van der Waals surface area contributed by atoms with Crippen LogP contribution in [0.4, 0.5) is 15.8 Å². The summed E-state index contributed by atoms with van der Waals surface area (Å²) in [6, 6.07) is 8.93. The lowest BCUT2D eigenvalue weighted by molar-refractivity contribution is -0.141. The van der Waals surface area contributed by atoms with E-state index in [0.717, 1.165) is 6.07 Å². The molecule has 0 bridgehead atoms. The molecule has 29 heavy (non-hydrogen) atoms. The summed E-state index contributed by atoms with van der Waals surface area (Å²) < 4.78 is 51.5. The van der Waals surface area contributed by atoms with Gasteiger partial charge in [0.05, 0.1) is 30.0 Å². The third-order valence-corrected chi connectivity index (χ3v) is 5.52. The maximum Gasteiger partial charge on any atom is 0.326 e. The molecule has 0 fully saturated rings. The van der Waals surface area contributed by atoms with Crippen molar-refractivity contribution < 1.29 is 31.9 Å². The molecule has 0 atom stereocenters. The second-order valence-electron chi connectivity index (χ2n) is 5.81. The van der Waals surface area contributed by atoms with E-state index in [-0.39, 0.29) is 28.6 Å². The Morgan fingerprint density at radius 1 is 1.17 bits per heavy atom. The van der Waals surface area contributed by atoms with E-state index in [1.807, 2.05) is 0 Å². The number of carbonyl (C=O) groups excluding carboxylic acids is 2. The Labute approximate surface area is 168 Å². The molecule has 0 unspecified atom stereocenters. The number of sulfonamides is 1. The molecule has 0 spiro atoms. The van der Waals surface area contributed by atoms with Crippen molar-refractivity contribution in [2.45, 2.75) is 18.7 Å². The molecule has 0 aliphatic rings. The highest BCUT2D eigenvalue weighted by Gasteiger charge is 2.30. The molecule has 0 heterocycles. The van der Waals surface area contributed by atoms with E-state index in [4.69, 9.17) is 9.47 Å². The number of benzene rings is 2. The molecule has 1 amide bonds. The van der Waals surface area contributed by atoms with Crippen LogP contribution in [0.15, 0.2) is 47.4 Å². The molecule has 0 radical (unpaired) electrons. The van der Waals surface area contributed by atoms with Crippen molar-refractivity contribution in [1.82, 2.24) is 0 Å². The zero-order valence-corrected chi connectivity index (χ0v) is 17.0. The topological polar surface area (TPSA) is 102 Å². The average molecular weight is 424 g/mol. The zero-order chi connectivity index (χ0) is 21.6. The average Bonchev–Trinajstić information content (AvgIpc) is 2.66. The summed E-state index contributed by atoms with van der Waals surface area (Å²) in [6.45, 7) is 2.15. The predicted molar refractivity (Wildman–Crippen MR) is 105 cm³/mol. The largest absolute Gasteiger partial charge is 0.495 e. The lowest BCUT2D eigenvalue weighted by Gasteiger charge is -2.24. The van der Waals surface area contributed by atoms with Gasteiger partial charge in [0.25, 0.3) is 10.0 Å². The molecule has 1 N–H and O–H groups in total. The van der Waals surface area contributed by atoms with E-state index in [0.29, 0.717) is 4.31 Å². The summed E-state index contributed by atoms with van der Waals surface area (Å²) in [4.78, 5) is 23.2. The van der Waals surface area contributed by atoms with Crippen molar-refractivity contribution in [3.63, 3.8) is 0 Å². The standard InChI is InChI=1S/C19H21FN2O6S/c1-4-28-19(24)12-22(17-8-6-5-7-15(17)20)29(25,26)14-9-10-18(27-3)16(11-14)21-13(2)23/h5-11H,4,12H2,1-3H3,(H,21,23). The smallest absolute Gasteiger partial charge is 0.326 e. The number of rotatable bonds is 8. The Morgan fingerprint density at radius 3 is 2.45 bits per heavy atom. The minimum atomic E-state index is -4.39. The highest BCUT2D eigenvalue weighted by Crippen LogP contribution is 2.31. The normalized spacial score (nSPS) is 10.9. The molecular formula is C19H21FN2O6S.